The molecule has 1 aliphatic rings. The largest absolute Gasteiger partial charge is 0.497 e. The molecule has 1 aromatic heterocycles. The van der Waals surface area contributed by atoms with Crippen molar-refractivity contribution in [3.05, 3.63) is 84.2 Å². The van der Waals surface area contributed by atoms with E-state index in [2.05, 4.69) is 15.5 Å². The Morgan fingerprint density at radius 3 is 2.29 bits per heavy atom. The molecule has 0 aliphatic carbocycles. The summed E-state index contributed by atoms with van der Waals surface area (Å²) >= 11 is 0. The molecule has 0 bridgehead atoms. The van der Waals surface area contributed by atoms with Gasteiger partial charge in [-0.1, -0.05) is 12.1 Å². The summed E-state index contributed by atoms with van der Waals surface area (Å²) in [4.78, 5) is 7.33. The second kappa shape index (κ2) is 9.50. The van der Waals surface area contributed by atoms with Crippen molar-refractivity contribution >= 4 is 21.1 Å². The van der Waals surface area contributed by atoms with Crippen LogP contribution in [-0.2, 0) is 16.6 Å². The molecule has 1 saturated heterocycles. The van der Waals surface area contributed by atoms with Crippen molar-refractivity contribution in [3.63, 3.8) is 0 Å². The Morgan fingerprint density at radius 1 is 0.943 bits per heavy atom. The zero-order valence-electron chi connectivity index (χ0n) is 19.3. The van der Waals surface area contributed by atoms with E-state index < -0.39 is 10.0 Å². The summed E-state index contributed by atoms with van der Waals surface area (Å²) in [6.45, 7) is 2.59. The normalized spacial score (nSPS) is 15.2. The molecule has 178 valence electrons. The van der Waals surface area contributed by atoms with Gasteiger partial charge in [0.1, 0.15) is 11.6 Å². The molecule has 0 spiro atoms. The molecule has 35 heavy (non-hydrogen) atoms. The lowest BCUT2D eigenvalue weighted by molar-refractivity contribution is 0.177. The Labute approximate surface area is 204 Å². The molecular weight excluding hydrogens is 462 g/mol. The molecule has 8 nitrogen and oxygen atoms in total. The van der Waals surface area contributed by atoms with Crippen LogP contribution >= 0.6 is 0 Å². The maximum Gasteiger partial charge on any atom is 0.243 e. The first-order valence-electron chi connectivity index (χ1n) is 11.3. The lowest BCUT2D eigenvalue weighted by Crippen LogP contribution is -2.48. The number of imidazole rings is 1. The highest BCUT2D eigenvalue weighted by molar-refractivity contribution is 7.89. The lowest BCUT2D eigenvalue weighted by Gasteiger charge is -2.33. The van der Waals surface area contributed by atoms with Gasteiger partial charge in [-0.2, -0.15) is 9.57 Å². The number of benzene rings is 3. The third kappa shape index (κ3) is 4.51. The van der Waals surface area contributed by atoms with Crippen LogP contribution in [0, 0.1) is 11.3 Å². The number of fused-ring (bicyclic) bond motifs is 1. The van der Waals surface area contributed by atoms with Gasteiger partial charge in [-0.25, -0.2) is 13.4 Å². The lowest BCUT2D eigenvalue weighted by atomic mass is 10.2. The number of nitrogens with zero attached hydrogens (tertiary/aromatic N) is 5. The van der Waals surface area contributed by atoms with Gasteiger partial charge in [0, 0.05) is 31.9 Å². The SMILES string of the molecule is COc1ccc(-n2c(CN3CCN(S(=O)(=O)c4ccc(C#N)cc4)CC3)nc3ccccc32)cc1. The third-order valence-corrected chi connectivity index (χ3v) is 8.19. The summed E-state index contributed by atoms with van der Waals surface area (Å²) in [6, 6.07) is 24.0. The number of rotatable bonds is 6. The van der Waals surface area contributed by atoms with Crippen molar-refractivity contribution in [1.82, 2.24) is 18.8 Å². The molecule has 3 aromatic carbocycles. The minimum Gasteiger partial charge on any atom is -0.497 e. The van der Waals surface area contributed by atoms with Crippen LogP contribution < -0.4 is 4.74 Å². The monoisotopic (exact) mass is 487 g/mol. The van der Waals surface area contributed by atoms with E-state index in [-0.39, 0.29) is 4.90 Å². The Morgan fingerprint density at radius 2 is 1.63 bits per heavy atom. The number of methoxy groups -OCH3 is 1. The van der Waals surface area contributed by atoms with E-state index in [0.717, 1.165) is 28.3 Å². The van der Waals surface area contributed by atoms with Gasteiger partial charge < -0.3 is 4.74 Å². The molecule has 0 unspecified atom stereocenters. The summed E-state index contributed by atoms with van der Waals surface area (Å²) in [5, 5.41) is 8.96. The van der Waals surface area contributed by atoms with Gasteiger partial charge in [-0.05, 0) is 60.7 Å². The minimum atomic E-state index is -3.60. The topological polar surface area (TPSA) is 91.5 Å². The molecular formula is C26H25N5O3S. The van der Waals surface area contributed by atoms with E-state index >= 15 is 0 Å². The predicted molar refractivity (Wildman–Crippen MR) is 133 cm³/mol. The first-order valence-corrected chi connectivity index (χ1v) is 12.8. The number of aromatic nitrogens is 2. The van der Waals surface area contributed by atoms with E-state index in [1.165, 1.54) is 28.6 Å². The van der Waals surface area contributed by atoms with Gasteiger partial charge in [0.15, 0.2) is 0 Å². The van der Waals surface area contributed by atoms with Crippen LogP contribution in [0.5, 0.6) is 5.75 Å². The van der Waals surface area contributed by atoms with E-state index in [9.17, 15) is 8.42 Å². The molecule has 4 aromatic rings. The van der Waals surface area contributed by atoms with E-state index in [1.54, 1.807) is 7.11 Å². The molecule has 2 heterocycles. The fraction of sp³-hybridized carbons (Fsp3) is 0.231. The molecule has 5 rings (SSSR count). The van der Waals surface area contributed by atoms with Crippen molar-refractivity contribution < 1.29 is 13.2 Å². The van der Waals surface area contributed by atoms with Crippen LogP contribution in [0.3, 0.4) is 0 Å². The number of sulfonamides is 1. The maximum absolute atomic E-state index is 13.1. The van der Waals surface area contributed by atoms with Crippen LogP contribution in [0.25, 0.3) is 16.7 Å². The Kier molecular flexibility index (Phi) is 6.26. The highest BCUT2D eigenvalue weighted by Crippen LogP contribution is 2.25. The van der Waals surface area contributed by atoms with Crippen molar-refractivity contribution in [1.29, 1.82) is 5.26 Å². The third-order valence-electron chi connectivity index (χ3n) is 6.28. The number of hydrogen-bond donors (Lipinski definition) is 0. The maximum atomic E-state index is 13.1. The number of para-hydroxylation sites is 2. The number of ether oxygens (including phenoxy) is 1. The van der Waals surface area contributed by atoms with Gasteiger partial charge in [-0.15, -0.1) is 0 Å². The fourth-order valence-electron chi connectivity index (χ4n) is 4.38. The smallest absolute Gasteiger partial charge is 0.243 e. The Bertz CT molecular complexity index is 1480. The van der Waals surface area contributed by atoms with Gasteiger partial charge >= 0.3 is 0 Å². The van der Waals surface area contributed by atoms with Crippen LogP contribution in [0.2, 0.25) is 0 Å². The van der Waals surface area contributed by atoms with Crippen molar-refractivity contribution in [3.8, 4) is 17.5 Å². The van der Waals surface area contributed by atoms with Crippen LogP contribution in [0.1, 0.15) is 11.4 Å². The standard InChI is InChI=1S/C26H25N5O3S/c1-34-22-10-8-21(9-11-22)31-25-5-3-2-4-24(25)28-26(31)19-29-14-16-30(17-15-29)35(32,33)23-12-6-20(18-27)7-13-23/h2-13H,14-17,19H2,1H3. The zero-order chi connectivity index (χ0) is 24.4. The average molecular weight is 488 g/mol. The quantitative estimate of drug-likeness (QED) is 0.414. The molecule has 1 aliphatic heterocycles. The summed E-state index contributed by atoms with van der Waals surface area (Å²) in [5.74, 6) is 1.69. The number of piperazine rings is 1. The second-order valence-corrected chi connectivity index (χ2v) is 10.3. The van der Waals surface area contributed by atoms with Gasteiger partial charge in [0.25, 0.3) is 0 Å². The summed E-state index contributed by atoms with van der Waals surface area (Å²) in [7, 11) is -1.95. The Balaban J connectivity index is 1.35. The minimum absolute atomic E-state index is 0.214. The molecule has 0 saturated carbocycles. The fourth-order valence-corrected chi connectivity index (χ4v) is 5.80. The van der Waals surface area contributed by atoms with Gasteiger partial charge in [0.05, 0.1) is 41.2 Å². The summed E-state index contributed by atoms with van der Waals surface area (Å²) < 4.78 is 35.1. The van der Waals surface area contributed by atoms with Crippen molar-refractivity contribution in [2.45, 2.75) is 11.4 Å². The first-order chi connectivity index (χ1) is 17.0. The van der Waals surface area contributed by atoms with E-state index in [0.29, 0.717) is 38.3 Å². The summed E-state index contributed by atoms with van der Waals surface area (Å²) in [6.07, 6.45) is 0. The van der Waals surface area contributed by atoms with Gasteiger partial charge in [-0.3, -0.25) is 9.47 Å². The van der Waals surface area contributed by atoms with Gasteiger partial charge in [0.2, 0.25) is 10.0 Å². The molecule has 9 heteroatoms. The molecule has 0 atom stereocenters. The molecule has 0 N–H and O–H groups in total. The first kappa shape index (κ1) is 23.1. The Hall–Kier alpha value is -3.71. The second-order valence-electron chi connectivity index (χ2n) is 8.37. The van der Waals surface area contributed by atoms with Crippen LogP contribution in [0.4, 0.5) is 0 Å². The van der Waals surface area contributed by atoms with Crippen molar-refractivity contribution in [2.75, 3.05) is 33.3 Å². The zero-order valence-corrected chi connectivity index (χ0v) is 20.1. The highest BCUT2D eigenvalue weighted by atomic mass is 32.2. The van der Waals surface area contributed by atoms with Crippen LogP contribution in [0.15, 0.2) is 77.7 Å². The molecule has 0 radical (unpaired) electrons. The molecule has 0 amide bonds. The predicted octanol–water partition coefficient (Wildman–Crippen LogP) is 3.41. The van der Waals surface area contributed by atoms with E-state index in [1.807, 2.05) is 48.5 Å². The van der Waals surface area contributed by atoms with Crippen LogP contribution in [-0.4, -0.2) is 60.5 Å². The number of hydrogen-bond acceptors (Lipinski definition) is 6. The summed E-state index contributed by atoms with van der Waals surface area (Å²) in [5.41, 5.74) is 3.38. The average Bonchev–Trinajstić information content (AvgIpc) is 3.26. The van der Waals surface area contributed by atoms with Crippen molar-refractivity contribution in [2.24, 2.45) is 0 Å². The highest BCUT2D eigenvalue weighted by Gasteiger charge is 2.29. The number of nitriles is 1. The van der Waals surface area contributed by atoms with E-state index in [4.69, 9.17) is 15.0 Å². The molecule has 1 fully saturated rings.